The lowest BCUT2D eigenvalue weighted by atomic mass is 9.87. The maximum Gasteiger partial charge on any atom is 0.392 e. The van der Waals surface area contributed by atoms with Gasteiger partial charge < -0.3 is 18.5 Å². The summed E-state index contributed by atoms with van der Waals surface area (Å²) in [5, 5.41) is 10.3. The largest absolute Gasteiger partial charge is 0.475 e. The zero-order valence-electron chi connectivity index (χ0n) is 15.6. The number of furan rings is 2. The highest BCUT2D eigenvalue weighted by Gasteiger charge is 2.43. The molecule has 3 aromatic heterocycles. The van der Waals surface area contributed by atoms with Crippen LogP contribution in [-0.4, -0.2) is 21.8 Å². The zero-order chi connectivity index (χ0) is 21.0. The molecule has 4 aromatic rings. The van der Waals surface area contributed by atoms with Crippen LogP contribution in [0.5, 0.6) is 0 Å². The Morgan fingerprint density at radius 3 is 2.70 bits per heavy atom. The fourth-order valence-corrected chi connectivity index (χ4v) is 4.19. The summed E-state index contributed by atoms with van der Waals surface area (Å²) in [5.41, 5.74) is 2.51. The zero-order valence-corrected chi connectivity index (χ0v) is 15.6. The van der Waals surface area contributed by atoms with Crippen LogP contribution in [0.4, 0.5) is 13.2 Å². The molecule has 0 fully saturated rings. The van der Waals surface area contributed by atoms with E-state index in [9.17, 15) is 23.1 Å². The van der Waals surface area contributed by atoms with Gasteiger partial charge in [-0.15, -0.1) is 0 Å². The molecule has 0 amide bonds. The Balaban J connectivity index is 1.74. The average molecular weight is 415 g/mol. The molecule has 1 N–H and O–H groups in total. The molecule has 8 heteroatoms. The number of alkyl halides is 3. The Kier molecular flexibility index (Phi) is 4.06. The van der Waals surface area contributed by atoms with Crippen molar-refractivity contribution in [1.29, 1.82) is 0 Å². The lowest BCUT2D eigenvalue weighted by molar-refractivity contribution is -0.177. The number of rotatable bonds is 3. The van der Waals surface area contributed by atoms with Crippen molar-refractivity contribution in [3.8, 4) is 17.1 Å². The summed E-state index contributed by atoms with van der Waals surface area (Å²) in [4.78, 5) is 11.6. The summed E-state index contributed by atoms with van der Waals surface area (Å²) in [7, 11) is 0. The lowest BCUT2D eigenvalue weighted by Crippen LogP contribution is -2.29. The van der Waals surface area contributed by atoms with Crippen LogP contribution in [0.3, 0.4) is 0 Å². The molecule has 1 aliphatic rings. The second kappa shape index (κ2) is 6.55. The van der Waals surface area contributed by atoms with Gasteiger partial charge in [0.05, 0.1) is 23.6 Å². The molecule has 1 aromatic carbocycles. The molecule has 154 valence electrons. The van der Waals surface area contributed by atoms with E-state index in [1.807, 2.05) is 18.2 Å². The summed E-state index contributed by atoms with van der Waals surface area (Å²) in [6.45, 7) is 0. The summed E-state index contributed by atoms with van der Waals surface area (Å²) in [6, 6.07) is 12.4. The minimum Gasteiger partial charge on any atom is -0.475 e. The van der Waals surface area contributed by atoms with Gasteiger partial charge in [0.2, 0.25) is 5.76 Å². The molecular weight excluding hydrogens is 399 g/mol. The predicted octanol–water partition coefficient (Wildman–Crippen LogP) is 5.85. The third-order valence-corrected chi connectivity index (χ3v) is 5.61. The molecule has 30 heavy (non-hydrogen) atoms. The van der Waals surface area contributed by atoms with Crippen molar-refractivity contribution in [1.82, 2.24) is 4.57 Å². The van der Waals surface area contributed by atoms with E-state index in [-0.39, 0.29) is 30.7 Å². The van der Waals surface area contributed by atoms with Crippen LogP contribution in [0.1, 0.15) is 28.2 Å². The fourth-order valence-electron chi connectivity index (χ4n) is 4.19. The molecule has 1 atom stereocenters. The Hall–Kier alpha value is -3.42. The minimum absolute atomic E-state index is 0.00272. The summed E-state index contributed by atoms with van der Waals surface area (Å²) >= 11 is 0. The van der Waals surface area contributed by atoms with Gasteiger partial charge in [-0.05, 0) is 43.0 Å². The molecule has 0 spiro atoms. The van der Waals surface area contributed by atoms with Crippen LogP contribution < -0.4 is 0 Å². The van der Waals surface area contributed by atoms with Crippen molar-refractivity contribution in [3.63, 3.8) is 0 Å². The Bertz CT molecular complexity index is 1230. The number of aryl methyl sites for hydroxylation is 1. The number of fused-ring (bicyclic) bond motifs is 2. The van der Waals surface area contributed by atoms with Crippen LogP contribution >= 0.6 is 0 Å². The van der Waals surface area contributed by atoms with Crippen LogP contribution in [0.2, 0.25) is 0 Å². The number of halogens is 3. The second-order valence-electron chi connectivity index (χ2n) is 7.41. The molecule has 1 unspecified atom stereocenters. The van der Waals surface area contributed by atoms with E-state index in [0.717, 1.165) is 10.9 Å². The van der Waals surface area contributed by atoms with Crippen molar-refractivity contribution >= 4 is 16.9 Å². The molecule has 0 saturated carbocycles. The van der Waals surface area contributed by atoms with Crippen molar-refractivity contribution in [2.75, 3.05) is 0 Å². The van der Waals surface area contributed by atoms with Gasteiger partial charge in [-0.3, -0.25) is 0 Å². The minimum atomic E-state index is -4.32. The van der Waals surface area contributed by atoms with Crippen LogP contribution in [-0.2, 0) is 12.8 Å². The monoisotopic (exact) mass is 415 g/mol. The molecule has 0 aliphatic heterocycles. The maximum absolute atomic E-state index is 13.4. The van der Waals surface area contributed by atoms with Crippen molar-refractivity contribution in [2.45, 2.75) is 25.4 Å². The number of carboxylic acids is 1. The van der Waals surface area contributed by atoms with Gasteiger partial charge in [-0.1, -0.05) is 18.2 Å². The van der Waals surface area contributed by atoms with E-state index >= 15 is 0 Å². The highest BCUT2D eigenvalue weighted by atomic mass is 19.4. The van der Waals surface area contributed by atoms with E-state index in [4.69, 9.17) is 8.83 Å². The summed E-state index contributed by atoms with van der Waals surface area (Å²) < 4.78 is 52.9. The third kappa shape index (κ3) is 2.91. The van der Waals surface area contributed by atoms with E-state index in [0.29, 0.717) is 22.7 Å². The quantitative estimate of drug-likeness (QED) is 0.456. The first-order chi connectivity index (χ1) is 14.3. The number of para-hydroxylation sites is 1. The van der Waals surface area contributed by atoms with Gasteiger partial charge in [0.15, 0.2) is 5.76 Å². The van der Waals surface area contributed by atoms with E-state index < -0.39 is 18.1 Å². The molecule has 0 radical (unpaired) electrons. The fraction of sp³-hybridized carbons (Fsp3) is 0.227. The van der Waals surface area contributed by atoms with E-state index in [2.05, 4.69) is 0 Å². The predicted molar refractivity (Wildman–Crippen MR) is 102 cm³/mol. The van der Waals surface area contributed by atoms with Crippen LogP contribution in [0.25, 0.3) is 28.1 Å². The Morgan fingerprint density at radius 1 is 1.17 bits per heavy atom. The SMILES string of the molecule is O=C(O)c1occc1-n1c(-c2cc3ccccc3o2)cc2c1CC(C(F)(F)F)CC2. The first kappa shape index (κ1) is 18.6. The normalized spacial score (nSPS) is 16.7. The molecule has 0 bridgehead atoms. The van der Waals surface area contributed by atoms with Gasteiger partial charge in [-0.25, -0.2) is 4.79 Å². The van der Waals surface area contributed by atoms with E-state index in [1.165, 1.54) is 16.9 Å². The highest BCUT2D eigenvalue weighted by molar-refractivity contribution is 5.89. The topological polar surface area (TPSA) is 68.5 Å². The highest BCUT2D eigenvalue weighted by Crippen LogP contribution is 2.42. The van der Waals surface area contributed by atoms with Crippen molar-refractivity contribution < 1.29 is 31.9 Å². The standard InChI is InChI=1S/C22H16F3NO4/c23-22(24,25)14-6-5-12-9-17(19-10-13-3-1-2-4-18(13)30-19)26(16(12)11-14)15-7-8-29-20(15)21(27)28/h1-4,7-10,14H,5-6,11H2,(H,27,28). The number of aromatic carboxylic acids is 1. The van der Waals surface area contributed by atoms with Gasteiger partial charge in [0, 0.05) is 17.1 Å². The third-order valence-electron chi connectivity index (χ3n) is 5.61. The molecule has 0 saturated heterocycles. The smallest absolute Gasteiger partial charge is 0.392 e. The molecular formula is C22H16F3NO4. The molecule has 3 heterocycles. The number of nitrogens with zero attached hydrogens (tertiary/aromatic N) is 1. The number of carboxylic acid groups (broad SMARTS) is 1. The first-order valence-electron chi connectivity index (χ1n) is 9.43. The summed E-state index contributed by atoms with van der Waals surface area (Å²) in [5.74, 6) is -2.66. The number of benzene rings is 1. The Morgan fingerprint density at radius 2 is 1.97 bits per heavy atom. The number of carbonyl (C=O) groups is 1. The van der Waals surface area contributed by atoms with Gasteiger partial charge in [0.25, 0.3) is 0 Å². The van der Waals surface area contributed by atoms with Crippen LogP contribution in [0, 0.1) is 5.92 Å². The second-order valence-corrected chi connectivity index (χ2v) is 7.41. The molecule has 5 rings (SSSR count). The van der Waals surface area contributed by atoms with E-state index in [1.54, 1.807) is 18.2 Å². The molecule has 5 nitrogen and oxygen atoms in total. The first-order valence-corrected chi connectivity index (χ1v) is 9.43. The molecule has 1 aliphatic carbocycles. The number of hydrogen-bond donors (Lipinski definition) is 1. The number of hydrogen-bond acceptors (Lipinski definition) is 3. The number of aromatic nitrogens is 1. The Labute approximate surface area is 168 Å². The van der Waals surface area contributed by atoms with Gasteiger partial charge in [0.1, 0.15) is 5.58 Å². The summed E-state index contributed by atoms with van der Waals surface area (Å²) in [6.07, 6.45) is -3.09. The maximum atomic E-state index is 13.4. The lowest BCUT2D eigenvalue weighted by Gasteiger charge is -2.26. The van der Waals surface area contributed by atoms with Crippen LogP contribution in [0.15, 0.2) is 57.6 Å². The van der Waals surface area contributed by atoms with Gasteiger partial charge >= 0.3 is 12.1 Å². The van der Waals surface area contributed by atoms with Gasteiger partial charge in [-0.2, -0.15) is 13.2 Å². The van der Waals surface area contributed by atoms with Crippen molar-refractivity contribution in [3.05, 3.63) is 65.7 Å². The van der Waals surface area contributed by atoms with Crippen molar-refractivity contribution in [2.24, 2.45) is 5.92 Å². The average Bonchev–Trinajstić information content (AvgIpc) is 3.41.